The summed E-state index contributed by atoms with van der Waals surface area (Å²) in [5.41, 5.74) is 1.95. The van der Waals surface area contributed by atoms with E-state index in [9.17, 15) is 9.18 Å². The van der Waals surface area contributed by atoms with Gasteiger partial charge in [-0.25, -0.2) is 4.39 Å². The predicted octanol–water partition coefficient (Wildman–Crippen LogP) is 4.48. The second kappa shape index (κ2) is 6.14. The number of halogens is 2. The SMILES string of the molecule is O=C(CC1=CCCCC1)Cc1ccc(F)cc1Cl. The number of Topliss-reactive ketones (excluding diaryl/α,β-unsaturated/α-hetero) is 1. The third-order valence-electron chi connectivity index (χ3n) is 3.21. The Labute approximate surface area is 112 Å². The molecule has 0 saturated carbocycles. The van der Waals surface area contributed by atoms with E-state index in [1.54, 1.807) is 6.07 Å². The Bertz CT molecular complexity index is 479. The zero-order valence-corrected chi connectivity index (χ0v) is 11.0. The lowest BCUT2D eigenvalue weighted by Crippen LogP contribution is -2.06. The Hall–Kier alpha value is -1.15. The van der Waals surface area contributed by atoms with Crippen LogP contribution >= 0.6 is 11.6 Å². The zero-order valence-electron chi connectivity index (χ0n) is 10.2. The van der Waals surface area contributed by atoms with Gasteiger partial charge in [-0.2, -0.15) is 0 Å². The van der Waals surface area contributed by atoms with Gasteiger partial charge in [-0.1, -0.05) is 29.3 Å². The van der Waals surface area contributed by atoms with Crippen LogP contribution in [0.25, 0.3) is 0 Å². The van der Waals surface area contributed by atoms with Crippen molar-refractivity contribution >= 4 is 17.4 Å². The minimum Gasteiger partial charge on any atom is -0.299 e. The number of carbonyl (C=O) groups is 1. The lowest BCUT2D eigenvalue weighted by molar-refractivity contribution is -0.117. The van der Waals surface area contributed by atoms with Gasteiger partial charge in [-0.3, -0.25) is 4.79 Å². The van der Waals surface area contributed by atoms with Crippen molar-refractivity contribution in [2.24, 2.45) is 0 Å². The number of rotatable bonds is 4. The van der Waals surface area contributed by atoms with Gasteiger partial charge in [0.05, 0.1) is 0 Å². The van der Waals surface area contributed by atoms with Crippen LogP contribution in [0.5, 0.6) is 0 Å². The van der Waals surface area contributed by atoms with Crippen molar-refractivity contribution in [1.29, 1.82) is 0 Å². The van der Waals surface area contributed by atoms with E-state index in [1.165, 1.54) is 30.5 Å². The van der Waals surface area contributed by atoms with E-state index in [4.69, 9.17) is 11.6 Å². The quantitative estimate of drug-likeness (QED) is 0.735. The average Bonchev–Trinajstić information content (AvgIpc) is 2.34. The second-order valence-corrected chi connectivity index (χ2v) is 5.14. The molecule has 0 heterocycles. The summed E-state index contributed by atoms with van der Waals surface area (Å²) in [4.78, 5) is 11.9. The fourth-order valence-electron chi connectivity index (χ4n) is 2.26. The summed E-state index contributed by atoms with van der Waals surface area (Å²) in [6, 6.07) is 4.18. The molecular formula is C15H16ClFO. The maximum Gasteiger partial charge on any atom is 0.141 e. The lowest BCUT2D eigenvalue weighted by Gasteiger charge is -2.12. The summed E-state index contributed by atoms with van der Waals surface area (Å²) in [5, 5.41) is 0.334. The van der Waals surface area contributed by atoms with Crippen molar-refractivity contribution in [3.05, 3.63) is 46.3 Å². The summed E-state index contributed by atoms with van der Waals surface area (Å²) in [7, 11) is 0. The first-order valence-electron chi connectivity index (χ1n) is 6.28. The van der Waals surface area contributed by atoms with E-state index >= 15 is 0 Å². The molecule has 1 aromatic carbocycles. The van der Waals surface area contributed by atoms with Crippen molar-refractivity contribution < 1.29 is 9.18 Å². The highest BCUT2D eigenvalue weighted by Gasteiger charge is 2.11. The highest BCUT2D eigenvalue weighted by atomic mass is 35.5. The van der Waals surface area contributed by atoms with Crippen molar-refractivity contribution in [1.82, 2.24) is 0 Å². The third kappa shape index (κ3) is 3.67. The van der Waals surface area contributed by atoms with Gasteiger partial charge >= 0.3 is 0 Å². The van der Waals surface area contributed by atoms with Gasteiger partial charge in [0.2, 0.25) is 0 Å². The van der Waals surface area contributed by atoms with Gasteiger partial charge in [0.25, 0.3) is 0 Å². The first-order chi connectivity index (χ1) is 8.65. The van der Waals surface area contributed by atoms with Gasteiger partial charge in [-0.15, -0.1) is 0 Å². The van der Waals surface area contributed by atoms with Crippen LogP contribution in [0.2, 0.25) is 5.02 Å². The maximum absolute atomic E-state index is 12.9. The number of ketones is 1. The number of hydrogen-bond acceptors (Lipinski definition) is 1. The summed E-state index contributed by atoms with van der Waals surface area (Å²) < 4.78 is 12.9. The van der Waals surface area contributed by atoms with E-state index in [0.29, 0.717) is 17.0 Å². The molecule has 0 atom stereocenters. The molecule has 0 amide bonds. The maximum atomic E-state index is 12.9. The topological polar surface area (TPSA) is 17.1 Å². The van der Waals surface area contributed by atoms with Crippen molar-refractivity contribution in [3.8, 4) is 0 Å². The Kier molecular flexibility index (Phi) is 4.54. The standard InChI is InChI=1S/C15H16ClFO/c16-15-10-13(17)7-6-12(15)9-14(18)8-11-4-2-1-3-5-11/h4,6-7,10H,1-3,5,8-9H2. The number of carbonyl (C=O) groups excluding carboxylic acids is 1. The first-order valence-corrected chi connectivity index (χ1v) is 6.66. The minimum atomic E-state index is -0.369. The molecule has 0 saturated heterocycles. The number of benzene rings is 1. The summed E-state index contributed by atoms with van der Waals surface area (Å²) in [6.07, 6.45) is 7.48. The van der Waals surface area contributed by atoms with E-state index in [-0.39, 0.29) is 18.0 Å². The van der Waals surface area contributed by atoms with Gasteiger partial charge in [0, 0.05) is 17.9 Å². The van der Waals surface area contributed by atoms with Crippen LogP contribution in [-0.4, -0.2) is 5.78 Å². The van der Waals surface area contributed by atoms with Gasteiger partial charge in [-0.05, 0) is 43.4 Å². The van der Waals surface area contributed by atoms with E-state index in [0.717, 1.165) is 12.8 Å². The summed E-state index contributed by atoms with van der Waals surface area (Å²) >= 11 is 5.91. The molecule has 0 bridgehead atoms. The van der Waals surface area contributed by atoms with Crippen LogP contribution in [0.3, 0.4) is 0 Å². The molecule has 0 N–H and O–H groups in total. The van der Waals surface area contributed by atoms with Crippen LogP contribution in [0.4, 0.5) is 4.39 Å². The largest absolute Gasteiger partial charge is 0.299 e. The fraction of sp³-hybridized carbons (Fsp3) is 0.400. The molecule has 1 nitrogen and oxygen atoms in total. The van der Waals surface area contributed by atoms with Gasteiger partial charge < -0.3 is 0 Å². The van der Waals surface area contributed by atoms with Crippen LogP contribution in [0.15, 0.2) is 29.8 Å². The molecule has 3 heteroatoms. The second-order valence-electron chi connectivity index (χ2n) is 4.74. The summed E-state index contributed by atoms with van der Waals surface area (Å²) in [5.74, 6) is -0.220. The summed E-state index contributed by atoms with van der Waals surface area (Å²) in [6.45, 7) is 0. The first kappa shape index (κ1) is 13.3. The Morgan fingerprint density at radius 3 is 2.78 bits per heavy atom. The smallest absolute Gasteiger partial charge is 0.141 e. The fourth-order valence-corrected chi connectivity index (χ4v) is 2.49. The molecule has 0 aromatic heterocycles. The molecular weight excluding hydrogens is 251 g/mol. The molecule has 1 aliphatic carbocycles. The average molecular weight is 267 g/mol. The highest BCUT2D eigenvalue weighted by Crippen LogP contribution is 2.23. The van der Waals surface area contributed by atoms with Crippen LogP contribution < -0.4 is 0 Å². The monoisotopic (exact) mass is 266 g/mol. The molecule has 18 heavy (non-hydrogen) atoms. The molecule has 0 fully saturated rings. The number of hydrogen-bond donors (Lipinski definition) is 0. The van der Waals surface area contributed by atoms with Crippen LogP contribution in [-0.2, 0) is 11.2 Å². The van der Waals surface area contributed by atoms with E-state index in [1.807, 2.05) is 0 Å². The molecule has 1 aliphatic rings. The van der Waals surface area contributed by atoms with Crippen molar-refractivity contribution in [2.45, 2.75) is 38.5 Å². The molecule has 0 spiro atoms. The van der Waals surface area contributed by atoms with E-state index in [2.05, 4.69) is 6.08 Å². The molecule has 0 radical (unpaired) electrons. The van der Waals surface area contributed by atoms with E-state index < -0.39 is 0 Å². The Morgan fingerprint density at radius 1 is 1.28 bits per heavy atom. The van der Waals surface area contributed by atoms with Crippen molar-refractivity contribution in [2.75, 3.05) is 0 Å². The molecule has 1 aromatic rings. The zero-order chi connectivity index (χ0) is 13.0. The molecule has 0 aliphatic heterocycles. The Morgan fingerprint density at radius 2 is 2.11 bits per heavy atom. The van der Waals surface area contributed by atoms with Gasteiger partial charge in [0.15, 0.2) is 0 Å². The lowest BCUT2D eigenvalue weighted by atomic mass is 9.94. The number of allylic oxidation sites excluding steroid dienone is 2. The van der Waals surface area contributed by atoms with Gasteiger partial charge in [0.1, 0.15) is 11.6 Å². The van der Waals surface area contributed by atoms with Crippen LogP contribution in [0, 0.1) is 5.82 Å². The van der Waals surface area contributed by atoms with Crippen molar-refractivity contribution in [3.63, 3.8) is 0 Å². The van der Waals surface area contributed by atoms with Crippen LogP contribution in [0.1, 0.15) is 37.7 Å². The third-order valence-corrected chi connectivity index (χ3v) is 3.56. The normalized spacial score (nSPS) is 15.3. The molecule has 2 rings (SSSR count). The molecule has 96 valence electrons. The minimum absolute atomic E-state index is 0.150. The Balaban J connectivity index is 1.96. The highest BCUT2D eigenvalue weighted by molar-refractivity contribution is 6.31. The predicted molar refractivity (Wildman–Crippen MR) is 71.3 cm³/mol. The molecule has 0 unspecified atom stereocenters.